The number of hydrogen-bond donors (Lipinski definition) is 0. The summed E-state index contributed by atoms with van der Waals surface area (Å²) >= 11 is 2.47. The van der Waals surface area contributed by atoms with E-state index in [4.69, 9.17) is 0 Å². The maximum absolute atomic E-state index is 13.4. The third kappa shape index (κ3) is 4.84. The molecule has 5 nitrogen and oxygen atoms in total. The molecule has 0 saturated heterocycles. The van der Waals surface area contributed by atoms with Crippen molar-refractivity contribution in [2.24, 2.45) is 0 Å². The van der Waals surface area contributed by atoms with Gasteiger partial charge in [0.05, 0.1) is 5.56 Å². The molecule has 1 atom stereocenters. The maximum Gasteiger partial charge on any atom is 0.416 e. The zero-order chi connectivity index (χ0) is 25.4. The predicted molar refractivity (Wildman–Crippen MR) is 133 cm³/mol. The number of alkyl halides is 3. The van der Waals surface area contributed by atoms with Crippen LogP contribution in [0.25, 0.3) is 0 Å². The lowest BCUT2D eigenvalue weighted by Crippen LogP contribution is -2.40. The molecule has 0 bridgehead atoms. The zero-order valence-corrected chi connectivity index (χ0v) is 21.0. The fourth-order valence-electron chi connectivity index (χ4n) is 4.79. The van der Waals surface area contributed by atoms with Gasteiger partial charge in [0.15, 0.2) is 10.1 Å². The number of carbonyl (C=O) groups is 2. The predicted octanol–water partition coefficient (Wildman–Crippen LogP) is 6.69. The molecule has 1 aliphatic heterocycles. The normalized spacial score (nSPS) is 18.6. The van der Waals surface area contributed by atoms with Crippen LogP contribution in [0.5, 0.6) is 0 Å². The highest BCUT2D eigenvalue weighted by atomic mass is 32.2. The van der Waals surface area contributed by atoms with Gasteiger partial charge in [-0.25, -0.2) is 0 Å². The van der Waals surface area contributed by atoms with Crippen LogP contribution in [0.2, 0.25) is 0 Å². The number of anilines is 1. The Morgan fingerprint density at radius 1 is 1.08 bits per heavy atom. The van der Waals surface area contributed by atoms with E-state index in [9.17, 15) is 22.8 Å². The van der Waals surface area contributed by atoms with Gasteiger partial charge in [-0.05, 0) is 42.5 Å². The largest absolute Gasteiger partial charge is 0.416 e. The Morgan fingerprint density at radius 3 is 2.67 bits per heavy atom. The monoisotopic (exact) mass is 529 g/mol. The second kappa shape index (κ2) is 9.82. The average Bonchev–Trinajstić information content (AvgIpc) is 3.31. The molecule has 0 N–H and O–H groups in total. The van der Waals surface area contributed by atoms with Crippen LogP contribution < -0.4 is 4.90 Å². The number of aryl methyl sites for hydroxylation is 1. The molecular formula is C26H22F3N3O2S2. The highest BCUT2D eigenvalue weighted by Gasteiger charge is 2.41. The van der Waals surface area contributed by atoms with E-state index in [1.54, 1.807) is 6.07 Å². The third-order valence-electron chi connectivity index (χ3n) is 6.44. The standard InChI is InChI=1S/C26H22F3N3O2S2/c1-15-6-2-3-9-18(15)19-13-22(34)32(20-10-5-11-21(33)23(19)20)24-30-31-25(36-24)35-14-16-7-4-8-17(12-16)26(27,28)29/h2-4,6-9,12,19H,5,10-11,13-14H2,1H3/t19-/m1/s1. The summed E-state index contributed by atoms with van der Waals surface area (Å²) in [5, 5.41) is 8.77. The van der Waals surface area contributed by atoms with Crippen LogP contribution in [0.15, 0.2) is 64.1 Å². The molecule has 2 heterocycles. The minimum Gasteiger partial charge on any atom is -0.294 e. The first-order chi connectivity index (χ1) is 17.2. The van der Waals surface area contributed by atoms with Crippen molar-refractivity contribution in [2.75, 3.05) is 4.90 Å². The summed E-state index contributed by atoms with van der Waals surface area (Å²) in [5.41, 5.74) is 3.23. The molecule has 5 rings (SSSR count). The summed E-state index contributed by atoms with van der Waals surface area (Å²) in [6.45, 7) is 1.98. The molecule has 1 aromatic heterocycles. The highest BCUT2D eigenvalue weighted by molar-refractivity contribution is 8.00. The van der Waals surface area contributed by atoms with Gasteiger partial charge in [0.1, 0.15) is 0 Å². The lowest BCUT2D eigenvalue weighted by atomic mass is 9.76. The van der Waals surface area contributed by atoms with Gasteiger partial charge >= 0.3 is 6.18 Å². The van der Waals surface area contributed by atoms with E-state index in [0.29, 0.717) is 45.6 Å². The van der Waals surface area contributed by atoms with Gasteiger partial charge < -0.3 is 0 Å². The van der Waals surface area contributed by atoms with E-state index in [2.05, 4.69) is 10.2 Å². The number of hydrogen-bond acceptors (Lipinski definition) is 6. The lowest BCUT2D eigenvalue weighted by Gasteiger charge is -2.37. The number of thioether (sulfide) groups is 1. The van der Waals surface area contributed by atoms with E-state index in [1.807, 2.05) is 31.2 Å². The van der Waals surface area contributed by atoms with Crippen molar-refractivity contribution in [1.29, 1.82) is 0 Å². The molecule has 2 aromatic carbocycles. The summed E-state index contributed by atoms with van der Waals surface area (Å²) in [6.07, 6.45) is -2.51. The van der Waals surface area contributed by atoms with Gasteiger partial charge in [0.2, 0.25) is 11.0 Å². The van der Waals surface area contributed by atoms with Crippen LogP contribution >= 0.6 is 23.1 Å². The number of aromatic nitrogens is 2. The third-order valence-corrected chi connectivity index (χ3v) is 8.56. The van der Waals surface area contributed by atoms with E-state index in [0.717, 1.165) is 23.3 Å². The first-order valence-corrected chi connectivity index (χ1v) is 13.3. The first kappa shape index (κ1) is 24.7. The molecule has 0 saturated carbocycles. The Kier molecular flexibility index (Phi) is 6.74. The van der Waals surface area contributed by atoms with Gasteiger partial charge in [-0.15, -0.1) is 10.2 Å². The van der Waals surface area contributed by atoms with E-state index < -0.39 is 11.7 Å². The van der Waals surface area contributed by atoms with Crippen molar-refractivity contribution in [1.82, 2.24) is 10.2 Å². The van der Waals surface area contributed by atoms with Crippen molar-refractivity contribution in [3.05, 3.63) is 82.1 Å². The fourth-order valence-corrected chi connectivity index (χ4v) is 6.62. The lowest BCUT2D eigenvalue weighted by molar-refractivity contribution is -0.137. The Balaban J connectivity index is 1.41. The summed E-state index contributed by atoms with van der Waals surface area (Å²) in [7, 11) is 0. The minimum absolute atomic E-state index is 0.0608. The molecule has 186 valence electrons. The quantitative estimate of drug-likeness (QED) is 0.272. The first-order valence-electron chi connectivity index (χ1n) is 11.5. The Bertz CT molecular complexity index is 1370. The van der Waals surface area contributed by atoms with Crippen LogP contribution in [0, 0.1) is 6.92 Å². The molecule has 3 aromatic rings. The van der Waals surface area contributed by atoms with Crippen molar-refractivity contribution in [2.45, 2.75) is 54.8 Å². The van der Waals surface area contributed by atoms with E-state index in [1.165, 1.54) is 34.1 Å². The number of halogens is 3. The minimum atomic E-state index is -4.40. The molecule has 0 spiro atoms. The Hall–Kier alpha value is -2.98. The molecule has 36 heavy (non-hydrogen) atoms. The number of benzene rings is 2. The SMILES string of the molecule is Cc1ccccc1[C@H]1CC(=O)N(c2nnc(SCc3cccc(C(F)(F)F)c3)s2)C2=C1C(=O)CCC2. The number of nitrogens with zero attached hydrogens (tertiary/aromatic N) is 3. The highest BCUT2D eigenvalue weighted by Crippen LogP contribution is 2.45. The van der Waals surface area contributed by atoms with E-state index >= 15 is 0 Å². The molecule has 10 heteroatoms. The smallest absolute Gasteiger partial charge is 0.294 e. The number of carbonyl (C=O) groups excluding carboxylic acids is 2. The maximum atomic E-state index is 13.4. The molecule has 0 fully saturated rings. The zero-order valence-electron chi connectivity index (χ0n) is 19.3. The summed E-state index contributed by atoms with van der Waals surface area (Å²) in [5.74, 6) is -0.0674. The molecular weight excluding hydrogens is 507 g/mol. The van der Waals surface area contributed by atoms with Crippen molar-refractivity contribution < 1.29 is 22.8 Å². The Labute approximate surface area is 214 Å². The number of allylic oxidation sites excluding steroid dienone is 2. The van der Waals surface area contributed by atoms with Crippen LogP contribution in [0.1, 0.15) is 53.9 Å². The fraction of sp³-hybridized carbons (Fsp3) is 0.308. The van der Waals surface area contributed by atoms with Crippen LogP contribution in [-0.4, -0.2) is 21.9 Å². The molecule has 2 aliphatic rings. The van der Waals surface area contributed by atoms with Crippen LogP contribution in [0.3, 0.4) is 0 Å². The number of rotatable bonds is 5. The average molecular weight is 530 g/mol. The van der Waals surface area contributed by atoms with Gasteiger partial charge in [-0.3, -0.25) is 14.5 Å². The number of amides is 1. The summed E-state index contributed by atoms with van der Waals surface area (Å²) in [6, 6.07) is 13.0. The van der Waals surface area contributed by atoms with Crippen molar-refractivity contribution in [3.8, 4) is 0 Å². The topological polar surface area (TPSA) is 63.2 Å². The van der Waals surface area contributed by atoms with Crippen molar-refractivity contribution in [3.63, 3.8) is 0 Å². The number of Topliss-reactive ketones (excluding diaryl/α,β-unsaturated/α-hetero) is 1. The second-order valence-corrected chi connectivity index (χ2v) is 11.0. The molecule has 0 radical (unpaired) electrons. The van der Waals surface area contributed by atoms with Gasteiger partial charge in [0.25, 0.3) is 0 Å². The Morgan fingerprint density at radius 2 is 1.89 bits per heavy atom. The summed E-state index contributed by atoms with van der Waals surface area (Å²) in [4.78, 5) is 28.0. The van der Waals surface area contributed by atoms with Crippen molar-refractivity contribution >= 4 is 39.9 Å². The van der Waals surface area contributed by atoms with Gasteiger partial charge in [-0.2, -0.15) is 13.2 Å². The summed E-state index contributed by atoms with van der Waals surface area (Å²) < 4.78 is 39.6. The molecule has 0 unspecified atom stereocenters. The second-order valence-electron chi connectivity index (χ2n) is 8.82. The van der Waals surface area contributed by atoms with Crippen LogP contribution in [-0.2, 0) is 21.5 Å². The van der Waals surface area contributed by atoms with Crippen LogP contribution in [0.4, 0.5) is 18.3 Å². The number of ketones is 1. The van der Waals surface area contributed by atoms with Gasteiger partial charge in [0, 0.05) is 35.8 Å². The van der Waals surface area contributed by atoms with E-state index in [-0.39, 0.29) is 29.8 Å². The van der Waals surface area contributed by atoms with Gasteiger partial charge in [-0.1, -0.05) is 65.6 Å². The molecule has 1 aliphatic carbocycles. The molecule has 1 amide bonds.